The van der Waals surface area contributed by atoms with Crippen molar-refractivity contribution >= 4 is 11.8 Å². The topological polar surface area (TPSA) is 58.6 Å². The van der Waals surface area contributed by atoms with Crippen LogP contribution in [-0.4, -0.2) is 41.9 Å². The first-order valence-electron chi connectivity index (χ1n) is 9.20. The summed E-state index contributed by atoms with van der Waals surface area (Å²) in [5, 5.41) is 2.88. The van der Waals surface area contributed by atoms with Crippen LogP contribution in [0.1, 0.15) is 57.3 Å². The van der Waals surface area contributed by atoms with E-state index in [1.165, 1.54) is 6.42 Å². The predicted molar refractivity (Wildman–Crippen MR) is 98.7 cm³/mol. The molecule has 0 spiro atoms. The summed E-state index contributed by atoms with van der Waals surface area (Å²) in [6.45, 7) is 8.98. The molecule has 5 nitrogen and oxygen atoms in total. The molecule has 2 unspecified atom stereocenters. The van der Waals surface area contributed by atoms with Crippen LogP contribution < -0.4 is 10.1 Å². The van der Waals surface area contributed by atoms with Crippen molar-refractivity contribution in [3.63, 3.8) is 0 Å². The lowest BCUT2D eigenvalue weighted by atomic mass is 9.97. The zero-order chi connectivity index (χ0) is 18.4. The smallest absolute Gasteiger partial charge is 0.260 e. The van der Waals surface area contributed by atoms with Gasteiger partial charge in [-0.25, -0.2) is 0 Å². The number of ether oxygens (including phenoxy) is 1. The lowest BCUT2D eigenvalue weighted by molar-refractivity contribution is -0.139. The number of nitrogens with one attached hydrogen (secondary N) is 1. The maximum absolute atomic E-state index is 12.5. The Hall–Kier alpha value is -2.04. The molecule has 0 bridgehead atoms. The Kier molecular flexibility index (Phi) is 6.85. The Bertz CT molecular complexity index is 573. The summed E-state index contributed by atoms with van der Waals surface area (Å²) >= 11 is 0. The number of amides is 2. The molecule has 25 heavy (non-hydrogen) atoms. The third-order valence-electron chi connectivity index (χ3n) is 4.63. The third kappa shape index (κ3) is 5.48. The fourth-order valence-corrected chi connectivity index (χ4v) is 3.23. The van der Waals surface area contributed by atoms with Gasteiger partial charge < -0.3 is 15.0 Å². The summed E-state index contributed by atoms with van der Waals surface area (Å²) in [5.41, 5.74) is 0.595. The summed E-state index contributed by atoms with van der Waals surface area (Å²) in [5.74, 6) is 0.953. The fraction of sp³-hybridized carbons (Fsp3) is 0.600. The van der Waals surface area contributed by atoms with Crippen LogP contribution in [0.4, 0.5) is 0 Å². The molecule has 1 aromatic rings. The van der Waals surface area contributed by atoms with Crippen LogP contribution in [0.15, 0.2) is 24.3 Å². The standard InChI is InChI=1S/C20H30N2O3/c1-14(2)12-21-20(24)17-8-10-18(11-9-17)25-13-19(23)22-15(3)6-5-7-16(22)4/h8-11,14-16H,5-7,12-13H2,1-4H3,(H,21,24). The van der Waals surface area contributed by atoms with Gasteiger partial charge in [0.15, 0.2) is 6.61 Å². The summed E-state index contributed by atoms with van der Waals surface area (Å²) in [4.78, 5) is 26.4. The van der Waals surface area contributed by atoms with E-state index in [-0.39, 0.29) is 30.5 Å². The zero-order valence-electron chi connectivity index (χ0n) is 15.7. The van der Waals surface area contributed by atoms with Gasteiger partial charge in [0.25, 0.3) is 11.8 Å². The van der Waals surface area contributed by atoms with Crippen molar-refractivity contribution in [2.75, 3.05) is 13.2 Å². The van der Waals surface area contributed by atoms with E-state index in [1.54, 1.807) is 24.3 Å². The van der Waals surface area contributed by atoms with Crippen molar-refractivity contribution in [2.24, 2.45) is 5.92 Å². The SMILES string of the molecule is CC(C)CNC(=O)c1ccc(OCC(=O)N2C(C)CCCC2C)cc1. The number of carbonyl (C=O) groups is 2. The monoisotopic (exact) mass is 346 g/mol. The predicted octanol–water partition coefficient (Wildman–Crippen LogP) is 3.24. The highest BCUT2D eigenvalue weighted by molar-refractivity contribution is 5.94. The largest absolute Gasteiger partial charge is 0.484 e. The van der Waals surface area contributed by atoms with E-state index in [0.717, 1.165) is 12.8 Å². The Balaban J connectivity index is 1.86. The summed E-state index contributed by atoms with van der Waals surface area (Å²) in [7, 11) is 0. The Morgan fingerprint density at radius 2 is 1.76 bits per heavy atom. The van der Waals surface area contributed by atoms with Crippen LogP contribution in [0.25, 0.3) is 0 Å². The lowest BCUT2D eigenvalue weighted by Gasteiger charge is -2.38. The first kappa shape index (κ1) is 19.3. The van der Waals surface area contributed by atoms with Gasteiger partial charge in [0.1, 0.15) is 5.75 Å². The van der Waals surface area contributed by atoms with Crippen molar-refractivity contribution in [1.82, 2.24) is 10.2 Å². The Morgan fingerprint density at radius 3 is 2.32 bits per heavy atom. The molecule has 1 saturated heterocycles. The molecule has 2 atom stereocenters. The Labute approximate surface area is 150 Å². The Morgan fingerprint density at radius 1 is 1.16 bits per heavy atom. The number of rotatable bonds is 6. The molecular weight excluding hydrogens is 316 g/mol. The van der Waals surface area contributed by atoms with Crippen LogP contribution in [0.3, 0.4) is 0 Å². The number of carbonyl (C=O) groups excluding carboxylic acids is 2. The molecule has 2 amide bonds. The second kappa shape index (κ2) is 8.88. The maximum Gasteiger partial charge on any atom is 0.260 e. The minimum atomic E-state index is -0.0905. The lowest BCUT2D eigenvalue weighted by Crippen LogP contribution is -2.49. The molecule has 5 heteroatoms. The first-order chi connectivity index (χ1) is 11.9. The molecule has 1 fully saturated rings. The van der Waals surface area contributed by atoms with Crippen molar-refractivity contribution in [3.8, 4) is 5.75 Å². The van der Waals surface area contributed by atoms with Crippen LogP contribution >= 0.6 is 0 Å². The summed E-state index contributed by atoms with van der Waals surface area (Å²) < 4.78 is 5.63. The van der Waals surface area contributed by atoms with E-state index in [2.05, 4.69) is 33.0 Å². The van der Waals surface area contributed by atoms with Crippen molar-refractivity contribution < 1.29 is 14.3 Å². The number of benzene rings is 1. The minimum Gasteiger partial charge on any atom is -0.484 e. The van der Waals surface area contributed by atoms with Crippen LogP contribution in [0, 0.1) is 5.92 Å². The van der Waals surface area contributed by atoms with Gasteiger partial charge in [0, 0.05) is 24.2 Å². The van der Waals surface area contributed by atoms with E-state index in [4.69, 9.17) is 4.74 Å². The highest BCUT2D eigenvalue weighted by Crippen LogP contribution is 2.23. The van der Waals surface area contributed by atoms with E-state index in [9.17, 15) is 9.59 Å². The summed E-state index contributed by atoms with van der Waals surface area (Å²) in [6, 6.07) is 7.46. The number of hydrogen-bond donors (Lipinski definition) is 1. The second-order valence-corrected chi connectivity index (χ2v) is 7.35. The molecule has 138 valence electrons. The molecular formula is C20H30N2O3. The second-order valence-electron chi connectivity index (χ2n) is 7.35. The average molecular weight is 346 g/mol. The highest BCUT2D eigenvalue weighted by atomic mass is 16.5. The minimum absolute atomic E-state index is 0.0263. The van der Waals surface area contributed by atoms with E-state index in [0.29, 0.717) is 23.8 Å². The average Bonchev–Trinajstić information content (AvgIpc) is 2.58. The van der Waals surface area contributed by atoms with Crippen LogP contribution in [0.5, 0.6) is 5.75 Å². The fourth-order valence-electron chi connectivity index (χ4n) is 3.23. The molecule has 2 rings (SSSR count). The van der Waals surface area contributed by atoms with Crippen LogP contribution in [-0.2, 0) is 4.79 Å². The van der Waals surface area contributed by atoms with Gasteiger partial charge in [-0.1, -0.05) is 13.8 Å². The van der Waals surface area contributed by atoms with E-state index < -0.39 is 0 Å². The molecule has 1 aliphatic heterocycles. The van der Waals surface area contributed by atoms with Gasteiger partial charge in [-0.05, 0) is 63.3 Å². The van der Waals surface area contributed by atoms with Crippen molar-refractivity contribution in [2.45, 2.75) is 59.0 Å². The molecule has 0 aromatic heterocycles. The van der Waals surface area contributed by atoms with Gasteiger partial charge in [0.05, 0.1) is 0 Å². The number of piperidine rings is 1. The molecule has 0 aliphatic carbocycles. The number of hydrogen-bond acceptors (Lipinski definition) is 3. The molecule has 1 heterocycles. The molecule has 1 aliphatic rings. The highest BCUT2D eigenvalue weighted by Gasteiger charge is 2.28. The first-order valence-corrected chi connectivity index (χ1v) is 9.20. The van der Waals surface area contributed by atoms with Gasteiger partial charge in [-0.2, -0.15) is 0 Å². The quantitative estimate of drug-likeness (QED) is 0.860. The summed E-state index contributed by atoms with van der Waals surface area (Å²) in [6.07, 6.45) is 3.28. The molecule has 0 saturated carbocycles. The van der Waals surface area contributed by atoms with Gasteiger partial charge >= 0.3 is 0 Å². The molecule has 1 N–H and O–H groups in total. The van der Waals surface area contributed by atoms with Crippen molar-refractivity contribution in [1.29, 1.82) is 0 Å². The van der Waals surface area contributed by atoms with E-state index in [1.807, 2.05) is 4.90 Å². The molecule has 1 aromatic carbocycles. The van der Waals surface area contributed by atoms with Crippen molar-refractivity contribution in [3.05, 3.63) is 29.8 Å². The third-order valence-corrected chi connectivity index (χ3v) is 4.63. The van der Waals surface area contributed by atoms with Crippen LogP contribution in [0.2, 0.25) is 0 Å². The van der Waals surface area contributed by atoms with Gasteiger partial charge in [-0.15, -0.1) is 0 Å². The van der Waals surface area contributed by atoms with E-state index >= 15 is 0 Å². The number of likely N-dealkylation sites (tertiary alicyclic amines) is 1. The normalized spacial score (nSPS) is 20.4. The van der Waals surface area contributed by atoms with Gasteiger partial charge in [0.2, 0.25) is 0 Å². The maximum atomic E-state index is 12.5. The molecule has 0 radical (unpaired) electrons. The van der Waals surface area contributed by atoms with Gasteiger partial charge in [-0.3, -0.25) is 9.59 Å². The zero-order valence-corrected chi connectivity index (χ0v) is 15.7. The number of nitrogens with zero attached hydrogens (tertiary/aromatic N) is 1.